The number of sulfonamides is 1. The van der Waals surface area contributed by atoms with E-state index in [1.165, 1.54) is 17.3 Å². The van der Waals surface area contributed by atoms with Gasteiger partial charge < -0.3 is 5.11 Å². The molecule has 0 unspecified atom stereocenters. The normalized spacial score (nSPS) is 12.1. The van der Waals surface area contributed by atoms with Crippen LogP contribution in [0, 0.1) is 12.7 Å². The van der Waals surface area contributed by atoms with Crippen molar-refractivity contribution in [3.05, 3.63) is 29.1 Å². The zero-order chi connectivity index (χ0) is 15.3. The molecule has 114 valence electrons. The lowest BCUT2D eigenvalue weighted by atomic mass is 10.1. The van der Waals surface area contributed by atoms with Crippen LogP contribution in [0.5, 0.6) is 0 Å². The van der Waals surface area contributed by atoms with Crippen molar-refractivity contribution in [2.75, 3.05) is 13.1 Å². The molecule has 0 radical (unpaired) electrons. The third-order valence-corrected chi connectivity index (χ3v) is 5.37. The van der Waals surface area contributed by atoms with Crippen LogP contribution in [0.3, 0.4) is 0 Å². The Balaban J connectivity index is 3.29. The lowest BCUT2D eigenvalue weighted by Crippen LogP contribution is -2.32. The first-order chi connectivity index (χ1) is 9.38. The fraction of sp³-hybridized carbons (Fsp3) is 0.571. The van der Waals surface area contributed by atoms with Gasteiger partial charge in [0.05, 0.1) is 11.5 Å². The Morgan fingerprint density at radius 1 is 1.30 bits per heavy atom. The molecule has 0 spiro atoms. The summed E-state index contributed by atoms with van der Waals surface area (Å²) in [4.78, 5) is -0.0560. The van der Waals surface area contributed by atoms with Crippen LogP contribution in [0.15, 0.2) is 17.0 Å². The van der Waals surface area contributed by atoms with Gasteiger partial charge in [-0.2, -0.15) is 4.31 Å². The molecule has 0 aliphatic carbocycles. The second-order valence-corrected chi connectivity index (χ2v) is 6.62. The molecule has 6 heteroatoms. The van der Waals surface area contributed by atoms with Crippen molar-refractivity contribution >= 4 is 10.0 Å². The van der Waals surface area contributed by atoms with Gasteiger partial charge in [-0.1, -0.05) is 20.3 Å². The van der Waals surface area contributed by atoms with Crippen LogP contribution in [0.2, 0.25) is 0 Å². The molecule has 0 bridgehead atoms. The third kappa shape index (κ3) is 3.56. The highest BCUT2D eigenvalue weighted by atomic mass is 32.2. The number of benzene rings is 1. The quantitative estimate of drug-likeness (QED) is 0.841. The Hall–Kier alpha value is -0.980. The average molecular weight is 303 g/mol. The van der Waals surface area contributed by atoms with Gasteiger partial charge in [0.15, 0.2) is 0 Å². The highest BCUT2D eigenvalue weighted by molar-refractivity contribution is 7.89. The van der Waals surface area contributed by atoms with Gasteiger partial charge in [0.1, 0.15) is 5.82 Å². The molecule has 1 N–H and O–H groups in total. The van der Waals surface area contributed by atoms with Gasteiger partial charge >= 0.3 is 0 Å². The minimum Gasteiger partial charge on any atom is -0.392 e. The van der Waals surface area contributed by atoms with Crippen LogP contribution < -0.4 is 0 Å². The van der Waals surface area contributed by atoms with Gasteiger partial charge in [-0.25, -0.2) is 12.8 Å². The molecule has 0 aliphatic rings. The molecule has 0 aliphatic heterocycles. The van der Waals surface area contributed by atoms with Gasteiger partial charge in [0.2, 0.25) is 10.0 Å². The van der Waals surface area contributed by atoms with E-state index in [4.69, 9.17) is 5.11 Å². The van der Waals surface area contributed by atoms with Crippen LogP contribution in [0.4, 0.5) is 4.39 Å². The highest BCUT2D eigenvalue weighted by Gasteiger charge is 2.26. The van der Waals surface area contributed by atoms with Crippen molar-refractivity contribution in [2.24, 2.45) is 0 Å². The third-order valence-electron chi connectivity index (χ3n) is 3.27. The second kappa shape index (κ2) is 7.15. The zero-order valence-corrected chi connectivity index (χ0v) is 13.0. The van der Waals surface area contributed by atoms with Crippen molar-refractivity contribution in [1.82, 2.24) is 4.31 Å². The lowest BCUT2D eigenvalue weighted by Gasteiger charge is -2.22. The van der Waals surface area contributed by atoms with Gasteiger partial charge in [-0.15, -0.1) is 0 Å². The first kappa shape index (κ1) is 17.1. The number of rotatable bonds is 7. The predicted molar refractivity (Wildman–Crippen MR) is 76.4 cm³/mol. The van der Waals surface area contributed by atoms with Crippen molar-refractivity contribution < 1.29 is 17.9 Å². The number of unbranched alkanes of at least 4 members (excludes halogenated alkanes) is 1. The Morgan fingerprint density at radius 3 is 2.45 bits per heavy atom. The van der Waals surface area contributed by atoms with Crippen LogP contribution >= 0.6 is 0 Å². The molecular weight excluding hydrogens is 281 g/mol. The maximum atomic E-state index is 13.8. The van der Waals surface area contributed by atoms with Gasteiger partial charge in [0, 0.05) is 18.7 Å². The average Bonchev–Trinajstić information content (AvgIpc) is 2.42. The summed E-state index contributed by atoms with van der Waals surface area (Å²) in [7, 11) is -3.73. The lowest BCUT2D eigenvalue weighted by molar-refractivity contribution is 0.280. The van der Waals surface area contributed by atoms with Crippen molar-refractivity contribution in [1.29, 1.82) is 0 Å². The Kier molecular flexibility index (Phi) is 6.10. The number of aliphatic hydroxyl groups is 1. The van der Waals surface area contributed by atoms with Gasteiger partial charge in [-0.3, -0.25) is 0 Å². The zero-order valence-electron chi connectivity index (χ0n) is 12.2. The molecule has 0 amide bonds. The van der Waals surface area contributed by atoms with E-state index in [1.54, 1.807) is 6.92 Å². The van der Waals surface area contributed by atoms with E-state index < -0.39 is 15.8 Å². The van der Waals surface area contributed by atoms with Crippen molar-refractivity contribution in [3.8, 4) is 0 Å². The summed E-state index contributed by atoms with van der Waals surface area (Å²) >= 11 is 0. The summed E-state index contributed by atoms with van der Waals surface area (Å²) in [6, 6.07) is 2.51. The molecule has 1 rings (SSSR count). The SMILES string of the molecule is CCCCN(CC)S(=O)(=O)c1cc(CO)cc(F)c1C. The van der Waals surface area contributed by atoms with Crippen LogP contribution in [-0.2, 0) is 16.6 Å². The van der Waals surface area contributed by atoms with E-state index >= 15 is 0 Å². The summed E-state index contributed by atoms with van der Waals surface area (Å²) in [6.45, 7) is 5.55. The molecule has 0 atom stereocenters. The molecule has 1 aromatic carbocycles. The predicted octanol–water partition coefficient (Wildman–Crippen LogP) is 2.44. The van der Waals surface area contributed by atoms with Gasteiger partial charge in [0.25, 0.3) is 0 Å². The van der Waals surface area contributed by atoms with Crippen molar-refractivity contribution in [3.63, 3.8) is 0 Å². The molecule has 20 heavy (non-hydrogen) atoms. The monoisotopic (exact) mass is 303 g/mol. The fourth-order valence-electron chi connectivity index (χ4n) is 1.99. The molecule has 0 fully saturated rings. The molecular formula is C14H22FNO3S. The van der Waals surface area contributed by atoms with E-state index in [1.807, 2.05) is 6.92 Å². The van der Waals surface area contributed by atoms with E-state index in [9.17, 15) is 12.8 Å². The summed E-state index contributed by atoms with van der Waals surface area (Å²) in [6.07, 6.45) is 1.64. The van der Waals surface area contributed by atoms with E-state index in [-0.39, 0.29) is 22.6 Å². The number of hydrogen-bond donors (Lipinski definition) is 1. The summed E-state index contributed by atoms with van der Waals surface area (Å²) in [5.74, 6) is -0.610. The molecule has 4 nitrogen and oxygen atoms in total. The summed E-state index contributed by atoms with van der Waals surface area (Å²) in [5.41, 5.74) is 0.357. The van der Waals surface area contributed by atoms with Crippen LogP contribution in [-0.4, -0.2) is 30.9 Å². The minimum atomic E-state index is -3.73. The van der Waals surface area contributed by atoms with Gasteiger partial charge in [-0.05, 0) is 31.0 Å². The smallest absolute Gasteiger partial charge is 0.243 e. The second-order valence-electron chi connectivity index (χ2n) is 4.71. The number of hydrogen-bond acceptors (Lipinski definition) is 3. The van der Waals surface area contributed by atoms with E-state index in [2.05, 4.69) is 0 Å². The highest BCUT2D eigenvalue weighted by Crippen LogP contribution is 2.24. The van der Waals surface area contributed by atoms with Crippen LogP contribution in [0.1, 0.15) is 37.8 Å². The van der Waals surface area contributed by atoms with E-state index in [0.29, 0.717) is 13.1 Å². The summed E-state index contributed by atoms with van der Waals surface area (Å²) < 4.78 is 40.3. The molecule has 1 aromatic rings. The standard InChI is InChI=1S/C14H22FNO3S/c1-4-6-7-16(5-2)20(18,19)14-9-12(10-17)8-13(15)11(14)3/h8-9,17H,4-7,10H2,1-3H3. The van der Waals surface area contributed by atoms with E-state index in [0.717, 1.165) is 18.9 Å². The number of aliphatic hydroxyl groups excluding tert-OH is 1. The Labute approximate surface area is 120 Å². The maximum Gasteiger partial charge on any atom is 0.243 e. The molecule has 0 saturated carbocycles. The first-order valence-corrected chi connectivity index (χ1v) is 8.22. The topological polar surface area (TPSA) is 57.6 Å². The molecule has 0 aromatic heterocycles. The van der Waals surface area contributed by atoms with Crippen molar-refractivity contribution in [2.45, 2.75) is 45.1 Å². The largest absolute Gasteiger partial charge is 0.392 e. The maximum absolute atomic E-state index is 13.8. The Bertz CT molecular complexity index is 558. The summed E-state index contributed by atoms with van der Waals surface area (Å²) in [5, 5.41) is 9.11. The number of nitrogens with zero attached hydrogens (tertiary/aromatic N) is 1. The Morgan fingerprint density at radius 2 is 1.95 bits per heavy atom. The number of halogens is 1. The molecule has 0 heterocycles. The molecule has 0 saturated heterocycles. The van der Waals surface area contributed by atoms with Crippen LogP contribution in [0.25, 0.3) is 0 Å². The minimum absolute atomic E-state index is 0.0560. The first-order valence-electron chi connectivity index (χ1n) is 6.78. The fourth-order valence-corrected chi connectivity index (χ4v) is 3.76.